The average molecular weight is 390 g/mol. The van der Waals surface area contributed by atoms with E-state index in [2.05, 4.69) is 31.9 Å². The van der Waals surface area contributed by atoms with Gasteiger partial charge in [0.2, 0.25) is 0 Å². The predicted molar refractivity (Wildman–Crippen MR) is 76.2 cm³/mol. The fraction of sp³-hybridized carbons (Fsp3) is 0.0714. The van der Waals surface area contributed by atoms with Gasteiger partial charge in [0.05, 0.1) is 0 Å². The number of rotatable bonds is 3. The summed E-state index contributed by atoms with van der Waals surface area (Å²) in [5.41, 5.74) is 0.481. The van der Waals surface area contributed by atoms with Crippen LogP contribution in [0.2, 0.25) is 0 Å². The number of carbonyl (C=O) groups is 1. The maximum Gasteiger partial charge on any atom is 0.168 e. The molecule has 0 saturated heterocycles. The van der Waals surface area contributed by atoms with Gasteiger partial charge in [-0.2, -0.15) is 0 Å². The molecule has 2 aromatic rings. The molecule has 0 aliphatic carbocycles. The third-order valence-corrected chi connectivity index (χ3v) is 3.77. The minimum atomic E-state index is -0.583. The van der Waals surface area contributed by atoms with Crippen LogP contribution in [0.3, 0.4) is 0 Å². The third-order valence-electron chi connectivity index (χ3n) is 2.59. The van der Waals surface area contributed by atoms with Crippen LogP contribution in [0, 0.1) is 11.6 Å². The molecule has 0 fully saturated rings. The number of benzene rings is 2. The number of carbonyl (C=O) groups excluding carboxylic acids is 1. The van der Waals surface area contributed by atoms with E-state index < -0.39 is 11.6 Å². The summed E-state index contributed by atoms with van der Waals surface area (Å²) in [5, 5.41) is 0. The maximum absolute atomic E-state index is 13.5. The van der Waals surface area contributed by atoms with E-state index in [0.717, 1.165) is 22.7 Å². The Morgan fingerprint density at radius 1 is 1.05 bits per heavy atom. The quantitative estimate of drug-likeness (QED) is 0.681. The van der Waals surface area contributed by atoms with E-state index in [1.54, 1.807) is 18.2 Å². The first-order chi connectivity index (χ1) is 8.97. The van der Waals surface area contributed by atoms with E-state index in [9.17, 15) is 13.6 Å². The molecule has 0 bridgehead atoms. The average Bonchev–Trinajstić information content (AvgIpc) is 2.36. The number of ketones is 1. The van der Waals surface area contributed by atoms with Crippen LogP contribution in [0.5, 0.6) is 0 Å². The predicted octanol–water partition coefficient (Wildman–Crippen LogP) is 4.92. The molecule has 19 heavy (non-hydrogen) atoms. The van der Waals surface area contributed by atoms with E-state index in [0.29, 0.717) is 10.0 Å². The summed E-state index contributed by atoms with van der Waals surface area (Å²) >= 11 is 6.54. The van der Waals surface area contributed by atoms with E-state index in [4.69, 9.17) is 0 Å². The summed E-state index contributed by atoms with van der Waals surface area (Å²) in [4.78, 5) is 12.1. The zero-order valence-electron chi connectivity index (χ0n) is 9.59. The summed E-state index contributed by atoms with van der Waals surface area (Å²) in [7, 11) is 0. The highest BCUT2D eigenvalue weighted by atomic mass is 79.9. The lowest BCUT2D eigenvalue weighted by Crippen LogP contribution is -2.06. The highest BCUT2D eigenvalue weighted by Gasteiger charge is 2.14. The van der Waals surface area contributed by atoms with E-state index in [1.807, 2.05) is 0 Å². The van der Waals surface area contributed by atoms with Crippen LogP contribution in [0.15, 0.2) is 45.3 Å². The molecule has 0 atom stereocenters. The summed E-state index contributed by atoms with van der Waals surface area (Å²) < 4.78 is 27.9. The molecule has 0 radical (unpaired) electrons. The van der Waals surface area contributed by atoms with Crippen LogP contribution < -0.4 is 0 Å². The van der Waals surface area contributed by atoms with Crippen LogP contribution in [-0.4, -0.2) is 5.78 Å². The zero-order valence-corrected chi connectivity index (χ0v) is 12.8. The lowest BCUT2D eigenvalue weighted by Gasteiger charge is -2.06. The van der Waals surface area contributed by atoms with Crippen molar-refractivity contribution >= 4 is 37.6 Å². The van der Waals surface area contributed by atoms with Crippen LogP contribution in [0.4, 0.5) is 8.78 Å². The van der Waals surface area contributed by atoms with E-state index in [1.165, 1.54) is 0 Å². The molecule has 0 saturated carbocycles. The molecule has 98 valence electrons. The number of hydrogen-bond acceptors (Lipinski definition) is 1. The van der Waals surface area contributed by atoms with Crippen LogP contribution >= 0.6 is 31.9 Å². The summed E-state index contributed by atoms with van der Waals surface area (Å²) in [6.45, 7) is 0. The minimum absolute atomic E-state index is 0.0527. The van der Waals surface area contributed by atoms with Gasteiger partial charge in [0.1, 0.15) is 11.6 Å². The molecule has 1 nitrogen and oxygen atoms in total. The highest BCUT2D eigenvalue weighted by molar-refractivity contribution is 9.11. The maximum atomic E-state index is 13.5. The van der Waals surface area contributed by atoms with Crippen molar-refractivity contribution in [2.75, 3.05) is 0 Å². The number of Topliss-reactive ketones (excluding diaryl/α,β-unsaturated/α-hetero) is 1. The Hall–Kier alpha value is -1.07. The number of hydrogen-bond donors (Lipinski definition) is 0. The molecular formula is C14H8Br2F2O. The first kappa shape index (κ1) is 14.3. The minimum Gasteiger partial charge on any atom is -0.294 e. The molecule has 0 aliphatic heterocycles. The lowest BCUT2D eigenvalue weighted by atomic mass is 10.0. The third kappa shape index (κ3) is 3.48. The van der Waals surface area contributed by atoms with Gasteiger partial charge in [-0.3, -0.25) is 4.79 Å². The second kappa shape index (κ2) is 5.92. The SMILES string of the molecule is O=C(Cc1cc(F)ccc1F)c1cc(Br)ccc1Br. The summed E-state index contributed by atoms with van der Waals surface area (Å²) in [6.07, 6.45) is -0.182. The van der Waals surface area contributed by atoms with Gasteiger partial charge in [0, 0.05) is 20.9 Å². The van der Waals surface area contributed by atoms with Crippen LogP contribution in [0.25, 0.3) is 0 Å². The smallest absolute Gasteiger partial charge is 0.168 e. The van der Waals surface area contributed by atoms with Gasteiger partial charge >= 0.3 is 0 Å². The molecule has 0 aliphatic rings. The van der Waals surface area contributed by atoms with Crippen molar-refractivity contribution < 1.29 is 13.6 Å². The molecule has 2 rings (SSSR count). The van der Waals surface area contributed by atoms with Crippen molar-refractivity contribution in [3.05, 3.63) is 68.1 Å². The Morgan fingerprint density at radius 3 is 2.53 bits per heavy atom. The van der Waals surface area contributed by atoms with Crippen molar-refractivity contribution in [3.63, 3.8) is 0 Å². The Bertz CT molecular complexity index is 641. The Labute approximate surface area is 125 Å². The van der Waals surface area contributed by atoms with Crippen molar-refractivity contribution in [1.82, 2.24) is 0 Å². The Balaban J connectivity index is 2.30. The molecule has 0 N–H and O–H groups in total. The van der Waals surface area contributed by atoms with E-state index >= 15 is 0 Å². The normalized spacial score (nSPS) is 10.5. The largest absolute Gasteiger partial charge is 0.294 e. The van der Waals surface area contributed by atoms with Crippen molar-refractivity contribution in [1.29, 1.82) is 0 Å². The molecule has 2 aromatic carbocycles. The van der Waals surface area contributed by atoms with Gasteiger partial charge in [0.25, 0.3) is 0 Å². The van der Waals surface area contributed by atoms with Gasteiger partial charge in [0.15, 0.2) is 5.78 Å². The number of halogens is 4. The highest BCUT2D eigenvalue weighted by Crippen LogP contribution is 2.23. The summed E-state index contributed by atoms with van der Waals surface area (Å²) in [6, 6.07) is 8.23. The lowest BCUT2D eigenvalue weighted by molar-refractivity contribution is 0.0991. The fourth-order valence-electron chi connectivity index (χ4n) is 1.66. The topological polar surface area (TPSA) is 17.1 Å². The first-order valence-corrected chi connectivity index (χ1v) is 6.98. The van der Waals surface area contributed by atoms with Crippen molar-refractivity contribution in [3.8, 4) is 0 Å². The van der Waals surface area contributed by atoms with Crippen molar-refractivity contribution in [2.45, 2.75) is 6.42 Å². The molecule has 0 unspecified atom stereocenters. The first-order valence-electron chi connectivity index (χ1n) is 5.39. The second-order valence-electron chi connectivity index (χ2n) is 3.96. The Morgan fingerprint density at radius 2 is 1.79 bits per heavy atom. The molecule has 0 aromatic heterocycles. The van der Waals surface area contributed by atoms with Crippen LogP contribution in [0.1, 0.15) is 15.9 Å². The van der Waals surface area contributed by atoms with Gasteiger partial charge in [-0.25, -0.2) is 8.78 Å². The second-order valence-corrected chi connectivity index (χ2v) is 5.73. The zero-order chi connectivity index (χ0) is 14.0. The molecule has 5 heteroatoms. The monoisotopic (exact) mass is 388 g/mol. The summed E-state index contributed by atoms with van der Waals surface area (Å²) in [5.74, 6) is -1.42. The van der Waals surface area contributed by atoms with Gasteiger partial charge in [-0.1, -0.05) is 31.9 Å². The molecule has 0 heterocycles. The Kier molecular flexibility index (Phi) is 4.47. The van der Waals surface area contributed by atoms with Gasteiger partial charge in [-0.15, -0.1) is 0 Å². The van der Waals surface area contributed by atoms with Gasteiger partial charge in [-0.05, 0) is 42.0 Å². The van der Waals surface area contributed by atoms with E-state index in [-0.39, 0.29) is 17.8 Å². The molecule has 0 spiro atoms. The van der Waals surface area contributed by atoms with Gasteiger partial charge < -0.3 is 0 Å². The van der Waals surface area contributed by atoms with Crippen LogP contribution in [-0.2, 0) is 6.42 Å². The standard InChI is InChI=1S/C14H8Br2F2O/c15-9-1-3-12(16)11(7-9)14(19)6-8-5-10(17)2-4-13(8)18/h1-5,7H,6H2. The fourth-order valence-corrected chi connectivity index (χ4v) is 2.49. The molecule has 0 amide bonds. The molecular weight excluding hydrogens is 382 g/mol. The van der Waals surface area contributed by atoms with Crippen molar-refractivity contribution in [2.24, 2.45) is 0 Å².